The largest absolute Gasteiger partial charge is 0.481 e. The number of imide groups is 1. The second kappa shape index (κ2) is 9.27. The van der Waals surface area contributed by atoms with Crippen LogP contribution >= 0.6 is 0 Å². The fourth-order valence-electron chi connectivity index (χ4n) is 1.95. The van der Waals surface area contributed by atoms with Crippen LogP contribution in [0.15, 0.2) is 0 Å². The van der Waals surface area contributed by atoms with Gasteiger partial charge in [0, 0.05) is 26.2 Å². The number of nitrogens with one attached hydrogen (secondary N) is 2. The minimum atomic E-state index is -0.951. The fraction of sp³-hybridized carbons (Fsp3) is 0.750. The normalized spacial score (nSPS) is 19.0. The van der Waals surface area contributed by atoms with Gasteiger partial charge in [-0.25, -0.2) is 4.79 Å². The summed E-state index contributed by atoms with van der Waals surface area (Å²) in [7, 11) is 1.51. The molecule has 0 spiro atoms. The van der Waals surface area contributed by atoms with Crippen LogP contribution < -0.4 is 10.6 Å². The average molecular weight is 303 g/mol. The Morgan fingerprint density at radius 3 is 2.86 bits per heavy atom. The third-order valence-electron chi connectivity index (χ3n) is 2.95. The first kappa shape index (κ1) is 17.3. The molecule has 120 valence electrons. The molecule has 1 atom stereocenters. The molecule has 0 aromatic heterocycles. The Bertz CT molecular complexity index is 376. The van der Waals surface area contributed by atoms with Crippen molar-refractivity contribution in [3.63, 3.8) is 0 Å². The molecule has 1 heterocycles. The van der Waals surface area contributed by atoms with Gasteiger partial charge >= 0.3 is 12.0 Å². The minimum absolute atomic E-state index is 0.0427. The lowest BCUT2D eigenvalue weighted by molar-refractivity contribution is -0.141. The molecular weight excluding hydrogens is 282 g/mol. The van der Waals surface area contributed by atoms with Gasteiger partial charge in [-0.1, -0.05) is 0 Å². The van der Waals surface area contributed by atoms with E-state index in [0.29, 0.717) is 26.3 Å². The molecule has 0 aliphatic carbocycles. The highest BCUT2D eigenvalue weighted by atomic mass is 16.5. The van der Waals surface area contributed by atoms with Crippen LogP contribution in [-0.2, 0) is 19.1 Å². The lowest BCUT2D eigenvalue weighted by Gasteiger charge is -2.33. The van der Waals surface area contributed by atoms with Crippen LogP contribution in [0.5, 0.6) is 0 Å². The molecule has 0 aromatic carbocycles. The van der Waals surface area contributed by atoms with Gasteiger partial charge in [-0.05, 0) is 0 Å². The molecule has 1 saturated heterocycles. The van der Waals surface area contributed by atoms with Gasteiger partial charge in [0.1, 0.15) is 0 Å². The summed E-state index contributed by atoms with van der Waals surface area (Å²) in [5.74, 6) is -1.43. The number of aliphatic carboxylic acids is 1. The number of hydrogen-bond acceptors (Lipinski definition) is 6. The SMILES string of the molecule is COCCNC(=O)NC(=O)CN1CCOCC1CC(=O)O. The van der Waals surface area contributed by atoms with E-state index in [1.54, 1.807) is 4.90 Å². The Kier molecular flexibility index (Phi) is 7.65. The number of methoxy groups -OCH3 is 1. The van der Waals surface area contributed by atoms with Crippen LogP contribution in [-0.4, -0.2) is 80.5 Å². The predicted molar refractivity (Wildman–Crippen MR) is 71.9 cm³/mol. The van der Waals surface area contributed by atoms with Crippen molar-refractivity contribution < 1.29 is 29.0 Å². The van der Waals surface area contributed by atoms with Crippen molar-refractivity contribution in [3.05, 3.63) is 0 Å². The molecule has 1 unspecified atom stereocenters. The zero-order valence-corrected chi connectivity index (χ0v) is 12.0. The number of hydrogen-bond donors (Lipinski definition) is 3. The first-order chi connectivity index (χ1) is 10.0. The maximum absolute atomic E-state index is 11.8. The molecule has 1 rings (SSSR count). The lowest BCUT2D eigenvalue weighted by atomic mass is 10.1. The summed E-state index contributed by atoms with van der Waals surface area (Å²) < 4.78 is 9.98. The Hall–Kier alpha value is -1.71. The van der Waals surface area contributed by atoms with E-state index in [-0.39, 0.29) is 25.6 Å². The third kappa shape index (κ3) is 7.02. The summed E-state index contributed by atoms with van der Waals surface area (Å²) in [6.45, 7) is 1.76. The number of carboxylic acids is 1. The van der Waals surface area contributed by atoms with Crippen molar-refractivity contribution in [1.82, 2.24) is 15.5 Å². The van der Waals surface area contributed by atoms with Crippen LogP contribution in [0.3, 0.4) is 0 Å². The van der Waals surface area contributed by atoms with Crippen molar-refractivity contribution in [2.24, 2.45) is 0 Å². The molecule has 1 fully saturated rings. The van der Waals surface area contributed by atoms with Crippen molar-refractivity contribution in [2.45, 2.75) is 12.5 Å². The second-order valence-corrected chi connectivity index (χ2v) is 4.59. The number of carbonyl (C=O) groups is 3. The number of ether oxygens (including phenoxy) is 2. The highest BCUT2D eigenvalue weighted by molar-refractivity contribution is 5.95. The molecule has 0 aromatic rings. The number of carboxylic acid groups (broad SMARTS) is 1. The van der Waals surface area contributed by atoms with E-state index in [2.05, 4.69) is 10.6 Å². The van der Waals surface area contributed by atoms with Crippen LogP contribution in [0, 0.1) is 0 Å². The molecule has 9 nitrogen and oxygen atoms in total. The molecule has 1 aliphatic rings. The zero-order chi connectivity index (χ0) is 15.7. The van der Waals surface area contributed by atoms with E-state index in [1.807, 2.05) is 0 Å². The second-order valence-electron chi connectivity index (χ2n) is 4.59. The van der Waals surface area contributed by atoms with E-state index in [1.165, 1.54) is 7.11 Å². The third-order valence-corrected chi connectivity index (χ3v) is 2.95. The van der Waals surface area contributed by atoms with Gasteiger partial charge in [0.05, 0.1) is 32.8 Å². The Morgan fingerprint density at radius 1 is 1.43 bits per heavy atom. The number of carbonyl (C=O) groups excluding carboxylic acids is 2. The predicted octanol–water partition coefficient (Wildman–Crippen LogP) is -1.37. The van der Waals surface area contributed by atoms with E-state index < -0.39 is 17.9 Å². The Balaban J connectivity index is 2.37. The van der Waals surface area contributed by atoms with Crippen molar-refractivity contribution in [3.8, 4) is 0 Å². The molecular formula is C12H21N3O6. The molecule has 0 bridgehead atoms. The minimum Gasteiger partial charge on any atom is -0.481 e. The van der Waals surface area contributed by atoms with Gasteiger partial charge in [-0.3, -0.25) is 19.8 Å². The highest BCUT2D eigenvalue weighted by Gasteiger charge is 2.27. The number of nitrogens with zero attached hydrogens (tertiary/aromatic N) is 1. The summed E-state index contributed by atoms with van der Waals surface area (Å²) >= 11 is 0. The Morgan fingerprint density at radius 2 is 2.19 bits per heavy atom. The van der Waals surface area contributed by atoms with Crippen LogP contribution in [0.1, 0.15) is 6.42 Å². The van der Waals surface area contributed by atoms with Crippen molar-refractivity contribution in [2.75, 3.05) is 46.6 Å². The number of amides is 3. The summed E-state index contributed by atoms with van der Waals surface area (Å²) in [6, 6.07) is -0.960. The van der Waals surface area contributed by atoms with E-state index >= 15 is 0 Å². The van der Waals surface area contributed by atoms with Gasteiger partial charge in [-0.15, -0.1) is 0 Å². The first-order valence-electron chi connectivity index (χ1n) is 6.63. The number of rotatable bonds is 7. The van der Waals surface area contributed by atoms with Crippen LogP contribution in [0.25, 0.3) is 0 Å². The van der Waals surface area contributed by atoms with Gasteiger partial charge in [0.2, 0.25) is 5.91 Å². The summed E-state index contributed by atoms with van der Waals surface area (Å²) in [6.07, 6.45) is -0.104. The van der Waals surface area contributed by atoms with E-state index in [9.17, 15) is 14.4 Å². The van der Waals surface area contributed by atoms with Gasteiger partial charge in [0.15, 0.2) is 0 Å². The Labute approximate surface area is 122 Å². The average Bonchev–Trinajstić information content (AvgIpc) is 2.40. The molecule has 3 amide bonds. The maximum Gasteiger partial charge on any atom is 0.321 e. The summed E-state index contributed by atoms with van der Waals surface area (Å²) in [4.78, 5) is 35.6. The lowest BCUT2D eigenvalue weighted by Crippen LogP contribution is -2.52. The zero-order valence-electron chi connectivity index (χ0n) is 12.0. The summed E-state index contributed by atoms with van der Waals surface area (Å²) in [5, 5.41) is 13.5. The molecule has 0 saturated carbocycles. The molecule has 3 N–H and O–H groups in total. The van der Waals surface area contributed by atoms with Crippen molar-refractivity contribution in [1.29, 1.82) is 0 Å². The van der Waals surface area contributed by atoms with Crippen LogP contribution in [0.2, 0.25) is 0 Å². The van der Waals surface area contributed by atoms with Crippen molar-refractivity contribution >= 4 is 17.9 Å². The maximum atomic E-state index is 11.8. The quantitative estimate of drug-likeness (QED) is 0.497. The summed E-state index contributed by atoms with van der Waals surface area (Å²) in [5.41, 5.74) is 0. The smallest absolute Gasteiger partial charge is 0.321 e. The van der Waals surface area contributed by atoms with E-state index in [0.717, 1.165) is 0 Å². The van der Waals surface area contributed by atoms with Gasteiger partial charge < -0.3 is 19.9 Å². The number of urea groups is 1. The van der Waals surface area contributed by atoms with Crippen LogP contribution in [0.4, 0.5) is 4.79 Å². The first-order valence-corrected chi connectivity index (χ1v) is 6.63. The topological polar surface area (TPSA) is 117 Å². The molecule has 0 radical (unpaired) electrons. The molecule has 1 aliphatic heterocycles. The fourth-order valence-corrected chi connectivity index (χ4v) is 1.95. The molecule has 21 heavy (non-hydrogen) atoms. The molecule has 9 heteroatoms. The van der Waals surface area contributed by atoms with E-state index in [4.69, 9.17) is 14.6 Å². The monoisotopic (exact) mass is 303 g/mol. The van der Waals surface area contributed by atoms with Gasteiger partial charge in [0.25, 0.3) is 0 Å². The number of morpholine rings is 1. The highest BCUT2D eigenvalue weighted by Crippen LogP contribution is 2.10. The standard InChI is InChI=1S/C12H21N3O6/c1-20-4-2-13-12(19)14-10(16)7-15-3-5-21-8-9(15)6-11(17)18/h9H,2-8H2,1H3,(H,17,18)(H2,13,14,16,19). The van der Waals surface area contributed by atoms with Gasteiger partial charge in [-0.2, -0.15) is 0 Å².